The number of thiazole rings is 1. The van der Waals surface area contributed by atoms with Crippen molar-refractivity contribution in [3.05, 3.63) is 169 Å². The Bertz CT molecular complexity index is 2340. The quantitative estimate of drug-likeness (QED) is 0.0397. The second-order valence-corrected chi connectivity index (χ2v) is 13.1. The molecule has 2 nitrogen and oxygen atoms in total. The van der Waals surface area contributed by atoms with Crippen molar-refractivity contribution in [2.75, 3.05) is 0 Å². The number of Topliss-reactive ketones (excluding diaryl/α,β-unsaturated/α-hetero) is 1. The first-order valence-corrected chi connectivity index (χ1v) is 16.6. The van der Waals surface area contributed by atoms with Gasteiger partial charge in [0.1, 0.15) is 57.6 Å². The summed E-state index contributed by atoms with van der Waals surface area (Å²) >= 11 is 1.49. The lowest BCUT2D eigenvalue weighted by atomic mass is 9.12. The molecule has 0 spiro atoms. The Balaban J connectivity index is 0.000000379. The summed E-state index contributed by atoms with van der Waals surface area (Å²) in [5.74, 6) is -71.3. The van der Waals surface area contributed by atoms with Crippen LogP contribution in [0.15, 0.2) is 42.0 Å². The lowest BCUT2D eigenvalue weighted by Crippen LogP contribution is -2.81. The minimum Gasteiger partial charge on any atom is -0.293 e. The molecule has 60 heavy (non-hydrogen) atoms. The maximum atomic E-state index is 15.4. The third kappa shape index (κ3) is 7.02. The first-order valence-electron chi connectivity index (χ1n) is 15.7. The number of halogens is 20. The van der Waals surface area contributed by atoms with E-state index in [1.165, 1.54) is 16.9 Å². The molecule has 24 heteroatoms. The highest BCUT2D eigenvalue weighted by atomic mass is 32.1. The summed E-state index contributed by atoms with van der Waals surface area (Å²) in [5, 5.41) is 0. The van der Waals surface area contributed by atoms with Crippen LogP contribution in [0.2, 0.25) is 0 Å². The molecule has 0 saturated carbocycles. The SMILES string of the molecule is CC(=O)c1c[n+](Cc2ccccc2)cs1.Fc1c(F)c(F)c([B-](c2c(F)c(F)c(F)c(F)c2F)(c2c(F)c(F)c(F)c(F)c2F)c2c(F)c(F)c(F)c(F)c2F)c(F)c1F. The highest BCUT2D eigenvalue weighted by molar-refractivity contribution is 7.20. The van der Waals surface area contributed by atoms with E-state index in [-0.39, 0.29) is 5.78 Å². The van der Waals surface area contributed by atoms with Crippen molar-refractivity contribution in [2.45, 2.75) is 13.5 Å². The van der Waals surface area contributed by atoms with Gasteiger partial charge in [-0.05, 0) is 0 Å². The highest BCUT2D eigenvalue weighted by Gasteiger charge is 2.52. The van der Waals surface area contributed by atoms with Gasteiger partial charge in [-0.15, -0.1) is 21.9 Å². The van der Waals surface area contributed by atoms with Crippen LogP contribution >= 0.6 is 11.3 Å². The van der Waals surface area contributed by atoms with Gasteiger partial charge < -0.3 is 0 Å². The number of ketones is 1. The Kier molecular flexibility index (Phi) is 12.5. The van der Waals surface area contributed by atoms with Gasteiger partial charge in [0.15, 0.2) is 88.3 Å². The summed E-state index contributed by atoms with van der Waals surface area (Å²) in [6, 6.07) is 10.2. The number of carbonyl (C=O) groups is 1. The molecule has 0 aliphatic rings. The molecule has 0 amide bonds. The average Bonchev–Trinajstić information content (AvgIpc) is 3.70. The minimum atomic E-state index is -7.22. The molecule has 1 aromatic heterocycles. The fourth-order valence-electron chi connectivity index (χ4n) is 6.26. The summed E-state index contributed by atoms with van der Waals surface area (Å²) in [5.41, 5.74) is -11.1. The number of nitrogens with zero attached hydrogens (tertiary/aromatic N) is 1. The van der Waals surface area contributed by atoms with Crippen LogP contribution in [-0.2, 0) is 6.54 Å². The van der Waals surface area contributed by atoms with E-state index in [0.29, 0.717) is 0 Å². The van der Waals surface area contributed by atoms with E-state index in [0.717, 1.165) is 11.4 Å². The molecule has 0 radical (unpaired) electrons. The van der Waals surface area contributed by atoms with Gasteiger partial charge in [0.2, 0.25) is 5.51 Å². The van der Waals surface area contributed by atoms with Crippen molar-refractivity contribution >= 4 is 45.1 Å². The topological polar surface area (TPSA) is 20.9 Å². The molecule has 0 aliphatic heterocycles. The van der Waals surface area contributed by atoms with Gasteiger partial charge in [-0.3, -0.25) is 4.79 Å². The molecule has 6 rings (SSSR count). The van der Waals surface area contributed by atoms with E-state index in [1.54, 1.807) is 6.92 Å². The fraction of sp³-hybridized carbons (Fsp3) is 0.0556. The van der Waals surface area contributed by atoms with Crippen molar-refractivity contribution in [3.8, 4) is 0 Å². The predicted molar refractivity (Wildman–Crippen MR) is 169 cm³/mol. The first-order chi connectivity index (χ1) is 28.0. The molecule has 1 heterocycles. The van der Waals surface area contributed by atoms with E-state index in [4.69, 9.17) is 0 Å². The van der Waals surface area contributed by atoms with Gasteiger partial charge in [0, 0.05) is 12.5 Å². The van der Waals surface area contributed by atoms with E-state index in [9.17, 15) is 57.5 Å². The predicted octanol–water partition coefficient (Wildman–Crippen LogP) is 8.13. The van der Waals surface area contributed by atoms with Crippen molar-refractivity contribution < 1.29 is 97.2 Å². The first kappa shape index (κ1) is 45.2. The third-order valence-electron chi connectivity index (χ3n) is 8.86. The number of benzene rings is 5. The second-order valence-electron chi connectivity index (χ2n) is 12.2. The number of carbonyl (C=O) groups excluding carboxylic acids is 1. The zero-order valence-corrected chi connectivity index (χ0v) is 29.5. The molecule has 0 atom stereocenters. The normalized spacial score (nSPS) is 11.6. The number of aromatic nitrogens is 1. The molecular weight excluding hydrogens is 885 g/mol. The average molecular weight is 897 g/mol. The maximum Gasteiger partial charge on any atom is 0.225 e. The zero-order chi connectivity index (χ0) is 45.0. The summed E-state index contributed by atoms with van der Waals surface area (Å²) in [6.45, 7) is 2.42. The number of hydrogen-bond donors (Lipinski definition) is 0. The van der Waals surface area contributed by atoms with Crippen molar-refractivity contribution in [1.82, 2.24) is 0 Å². The van der Waals surface area contributed by atoms with Gasteiger partial charge in [-0.25, -0.2) is 87.8 Å². The Morgan fingerprint density at radius 2 is 0.683 bits per heavy atom. The molecular formula is C36H12BF20NOS. The van der Waals surface area contributed by atoms with E-state index < -0.39 is 144 Å². The molecule has 0 fully saturated rings. The Labute approximate surface area is 324 Å². The lowest BCUT2D eigenvalue weighted by molar-refractivity contribution is -0.683. The fourth-order valence-corrected chi connectivity index (χ4v) is 7.01. The molecule has 0 unspecified atom stereocenters. The monoisotopic (exact) mass is 897 g/mol. The number of rotatable bonds is 7. The molecule has 0 bridgehead atoms. The van der Waals surface area contributed by atoms with Crippen LogP contribution in [0.1, 0.15) is 22.2 Å². The van der Waals surface area contributed by atoms with Crippen molar-refractivity contribution in [3.63, 3.8) is 0 Å². The minimum absolute atomic E-state index is 0.131. The van der Waals surface area contributed by atoms with Gasteiger partial charge in [0.25, 0.3) is 0 Å². The smallest absolute Gasteiger partial charge is 0.225 e. The third-order valence-corrected chi connectivity index (χ3v) is 9.88. The summed E-state index contributed by atoms with van der Waals surface area (Å²) < 4.78 is 296. The highest BCUT2D eigenvalue weighted by Crippen LogP contribution is 2.30. The van der Waals surface area contributed by atoms with Gasteiger partial charge >= 0.3 is 0 Å². The maximum absolute atomic E-state index is 15.4. The molecule has 316 valence electrons. The lowest BCUT2D eigenvalue weighted by Gasteiger charge is -2.44. The van der Waals surface area contributed by atoms with Crippen LogP contribution in [0.5, 0.6) is 0 Å². The van der Waals surface area contributed by atoms with Crippen molar-refractivity contribution in [1.29, 1.82) is 0 Å². The van der Waals surface area contributed by atoms with Crippen LogP contribution < -0.4 is 26.4 Å². The van der Waals surface area contributed by atoms with E-state index >= 15 is 35.1 Å². The van der Waals surface area contributed by atoms with E-state index in [1.807, 2.05) is 34.5 Å². The zero-order valence-electron chi connectivity index (χ0n) is 28.6. The van der Waals surface area contributed by atoms with Gasteiger partial charge in [0.05, 0.1) is 0 Å². The number of hydrogen-bond acceptors (Lipinski definition) is 2. The van der Waals surface area contributed by atoms with E-state index in [2.05, 4.69) is 12.1 Å². The summed E-state index contributed by atoms with van der Waals surface area (Å²) in [4.78, 5) is 11.9. The largest absolute Gasteiger partial charge is 0.293 e. The Morgan fingerprint density at radius 1 is 0.433 bits per heavy atom. The van der Waals surface area contributed by atoms with Crippen LogP contribution in [0.25, 0.3) is 0 Å². The molecule has 0 saturated heterocycles. The van der Waals surface area contributed by atoms with Gasteiger partial charge in [-0.1, -0.05) is 41.7 Å². The molecule has 0 aliphatic carbocycles. The van der Waals surface area contributed by atoms with Crippen LogP contribution in [0.3, 0.4) is 0 Å². The summed E-state index contributed by atoms with van der Waals surface area (Å²) in [6.07, 6.45) is -5.31. The van der Waals surface area contributed by atoms with Crippen LogP contribution in [-0.4, -0.2) is 11.9 Å². The molecule has 6 aromatic rings. The molecule has 5 aromatic carbocycles. The Hall–Kier alpha value is -5.94. The van der Waals surface area contributed by atoms with Crippen LogP contribution in [0.4, 0.5) is 87.8 Å². The van der Waals surface area contributed by atoms with Gasteiger partial charge in [-0.2, -0.15) is 4.57 Å². The second kappa shape index (κ2) is 16.6. The molecule has 0 N–H and O–H groups in total. The summed E-state index contributed by atoms with van der Waals surface area (Å²) in [7, 11) is 0. The Morgan fingerprint density at radius 3 is 0.917 bits per heavy atom. The van der Waals surface area contributed by atoms with Crippen LogP contribution in [0, 0.1) is 116 Å². The standard InChI is InChI=1S/C24BF20.C12H12NOS/c26-5-1(6(27)14(35)21(42)13(5)34)25(2-7(28)15(36)22(43)16(37)8(2)29,3-9(30)17(38)23(44)18(39)10(3)31)4-11(32)19(40)24(45)20(41)12(4)33;1-10(14)12-8-13(9-15-12)7-11-5-3-2-4-6-11/h;2-6,8-9H,7H2,1H3/q-1;+1. The van der Waals surface area contributed by atoms with Crippen molar-refractivity contribution in [2.24, 2.45) is 0 Å².